The molecule has 0 spiro atoms. The van der Waals surface area contributed by atoms with Crippen molar-refractivity contribution < 1.29 is 27.9 Å². The number of likely N-dealkylation sites (N-methyl/N-ethyl adjacent to an activating group) is 1. The average Bonchev–Trinajstić information content (AvgIpc) is 3.23. The highest BCUT2D eigenvalue weighted by Crippen LogP contribution is 2.18. The lowest BCUT2D eigenvalue weighted by Crippen LogP contribution is -2.33. The molecule has 0 bridgehead atoms. The maximum atomic E-state index is 12.9. The molecule has 3 rings (SSSR count). The van der Waals surface area contributed by atoms with Crippen LogP contribution in [-0.4, -0.2) is 48.3 Å². The monoisotopic (exact) mass is 415 g/mol. The number of hydrogen-bond donors (Lipinski definition) is 0. The van der Waals surface area contributed by atoms with E-state index in [1.165, 1.54) is 29.2 Å². The van der Waals surface area contributed by atoms with Crippen LogP contribution in [-0.2, 0) is 17.8 Å². The average molecular weight is 415 g/mol. The molecular weight excluding hydrogens is 393 g/mol. The van der Waals surface area contributed by atoms with Crippen LogP contribution in [0.4, 0.5) is 4.39 Å². The number of rotatable bonds is 10. The van der Waals surface area contributed by atoms with E-state index in [0.717, 1.165) is 5.75 Å². The number of carbonyl (C=O) groups excluding carboxylic acids is 1. The molecule has 158 valence electrons. The first-order chi connectivity index (χ1) is 14.5. The Kier molecular flexibility index (Phi) is 7.20. The van der Waals surface area contributed by atoms with E-state index in [1.54, 1.807) is 38.4 Å². The molecule has 9 heteroatoms. The number of nitrogens with zero attached hydrogens (tertiary/aromatic N) is 3. The second kappa shape index (κ2) is 10.2. The van der Waals surface area contributed by atoms with Gasteiger partial charge in [-0.1, -0.05) is 5.16 Å². The minimum atomic E-state index is -0.361. The Hall–Kier alpha value is -3.62. The third-order valence-electron chi connectivity index (χ3n) is 4.20. The summed E-state index contributed by atoms with van der Waals surface area (Å²) in [4.78, 5) is 17.9. The van der Waals surface area contributed by atoms with Crippen LogP contribution < -0.4 is 14.2 Å². The van der Waals surface area contributed by atoms with Crippen molar-refractivity contribution in [1.29, 1.82) is 0 Å². The zero-order valence-corrected chi connectivity index (χ0v) is 16.7. The van der Waals surface area contributed by atoms with E-state index in [-0.39, 0.29) is 24.9 Å². The van der Waals surface area contributed by atoms with Crippen LogP contribution in [0.1, 0.15) is 11.7 Å². The number of benzene rings is 2. The molecule has 3 aromatic rings. The maximum absolute atomic E-state index is 12.9. The zero-order valence-electron chi connectivity index (χ0n) is 16.7. The second-order valence-corrected chi connectivity index (χ2v) is 6.38. The van der Waals surface area contributed by atoms with E-state index < -0.39 is 0 Å². The summed E-state index contributed by atoms with van der Waals surface area (Å²) in [6.45, 7) is 0.388. The first kappa shape index (κ1) is 21.1. The van der Waals surface area contributed by atoms with Crippen molar-refractivity contribution in [3.8, 4) is 17.2 Å². The standard InChI is InChI=1S/C21H22FN3O5/c1-25(21(26)14-29-17-5-3-15(22)4-6-17)12-11-19-23-20(30-24-19)13-28-18-9-7-16(27-2)8-10-18/h3-10H,11-14H2,1-2H3. The van der Waals surface area contributed by atoms with Crippen molar-refractivity contribution in [3.63, 3.8) is 0 Å². The van der Waals surface area contributed by atoms with Gasteiger partial charge in [0.1, 0.15) is 23.1 Å². The van der Waals surface area contributed by atoms with Crippen molar-refractivity contribution in [3.05, 3.63) is 66.1 Å². The molecule has 1 amide bonds. The molecule has 0 saturated carbocycles. The molecule has 0 N–H and O–H groups in total. The Labute approximate surface area is 173 Å². The van der Waals surface area contributed by atoms with Crippen LogP contribution >= 0.6 is 0 Å². The normalized spacial score (nSPS) is 10.5. The summed E-state index contributed by atoms with van der Waals surface area (Å²) >= 11 is 0. The van der Waals surface area contributed by atoms with Crippen molar-refractivity contribution in [2.75, 3.05) is 27.3 Å². The number of ether oxygens (including phenoxy) is 3. The van der Waals surface area contributed by atoms with E-state index in [2.05, 4.69) is 10.1 Å². The largest absolute Gasteiger partial charge is 0.497 e. The number of hydrogen-bond acceptors (Lipinski definition) is 7. The second-order valence-electron chi connectivity index (χ2n) is 6.38. The Morgan fingerprint density at radius 3 is 2.37 bits per heavy atom. The van der Waals surface area contributed by atoms with Crippen LogP contribution in [0.2, 0.25) is 0 Å². The summed E-state index contributed by atoms with van der Waals surface area (Å²) in [5.41, 5.74) is 0. The van der Waals surface area contributed by atoms with E-state index in [0.29, 0.717) is 36.2 Å². The molecule has 8 nitrogen and oxygen atoms in total. The van der Waals surface area contributed by atoms with Gasteiger partial charge in [0.15, 0.2) is 19.0 Å². The highest BCUT2D eigenvalue weighted by Gasteiger charge is 2.13. The van der Waals surface area contributed by atoms with Crippen molar-refractivity contribution in [1.82, 2.24) is 15.0 Å². The fourth-order valence-corrected chi connectivity index (χ4v) is 2.45. The maximum Gasteiger partial charge on any atom is 0.264 e. The predicted molar refractivity (Wildman–Crippen MR) is 105 cm³/mol. The Balaban J connectivity index is 1.40. The van der Waals surface area contributed by atoms with E-state index in [1.807, 2.05) is 0 Å². The molecule has 1 aromatic heterocycles. The lowest BCUT2D eigenvalue weighted by atomic mass is 10.3. The summed E-state index contributed by atoms with van der Waals surface area (Å²) in [6.07, 6.45) is 0.421. The lowest BCUT2D eigenvalue weighted by molar-refractivity contribution is -0.132. The number of methoxy groups -OCH3 is 1. The third-order valence-corrected chi connectivity index (χ3v) is 4.20. The third kappa shape index (κ3) is 6.20. The number of halogens is 1. The SMILES string of the molecule is COc1ccc(OCc2nc(CCN(C)C(=O)COc3ccc(F)cc3)no2)cc1. The minimum absolute atomic E-state index is 0.139. The highest BCUT2D eigenvalue weighted by atomic mass is 19.1. The fraction of sp³-hybridized carbons (Fsp3) is 0.286. The van der Waals surface area contributed by atoms with Crippen LogP contribution in [0.3, 0.4) is 0 Å². The summed E-state index contributed by atoms with van der Waals surface area (Å²) in [5, 5.41) is 3.90. The van der Waals surface area contributed by atoms with E-state index >= 15 is 0 Å². The Bertz CT molecular complexity index is 944. The van der Waals surface area contributed by atoms with Gasteiger partial charge in [0, 0.05) is 20.0 Å². The van der Waals surface area contributed by atoms with Gasteiger partial charge in [0.05, 0.1) is 7.11 Å². The summed E-state index contributed by atoms with van der Waals surface area (Å²) < 4.78 is 34.1. The van der Waals surface area contributed by atoms with Gasteiger partial charge in [-0.2, -0.15) is 4.98 Å². The van der Waals surface area contributed by atoms with E-state index in [9.17, 15) is 9.18 Å². The summed E-state index contributed by atoms with van der Waals surface area (Å²) in [5.74, 6) is 2.06. The molecule has 1 heterocycles. The number of aromatic nitrogens is 2. The molecule has 0 unspecified atom stereocenters. The molecular formula is C21H22FN3O5. The van der Waals surface area contributed by atoms with Gasteiger partial charge < -0.3 is 23.6 Å². The van der Waals surface area contributed by atoms with Gasteiger partial charge in [-0.25, -0.2) is 4.39 Å². The van der Waals surface area contributed by atoms with E-state index in [4.69, 9.17) is 18.7 Å². The predicted octanol–water partition coefficient (Wildman–Crippen LogP) is 2.88. The minimum Gasteiger partial charge on any atom is -0.497 e. The van der Waals surface area contributed by atoms with Gasteiger partial charge in [-0.05, 0) is 48.5 Å². The quantitative estimate of drug-likeness (QED) is 0.503. The molecule has 2 aromatic carbocycles. The van der Waals surface area contributed by atoms with Crippen molar-refractivity contribution in [2.24, 2.45) is 0 Å². The van der Waals surface area contributed by atoms with Crippen LogP contribution in [0, 0.1) is 5.82 Å². The molecule has 0 atom stereocenters. The first-order valence-electron chi connectivity index (χ1n) is 9.24. The Morgan fingerprint density at radius 1 is 1.03 bits per heavy atom. The molecule has 30 heavy (non-hydrogen) atoms. The number of carbonyl (C=O) groups is 1. The lowest BCUT2D eigenvalue weighted by Gasteiger charge is -2.16. The first-order valence-corrected chi connectivity index (χ1v) is 9.24. The topological polar surface area (TPSA) is 86.9 Å². The van der Waals surface area contributed by atoms with Gasteiger partial charge in [-0.3, -0.25) is 4.79 Å². The molecule has 0 aliphatic heterocycles. The molecule has 0 aliphatic carbocycles. The van der Waals surface area contributed by atoms with Crippen molar-refractivity contribution in [2.45, 2.75) is 13.0 Å². The summed E-state index contributed by atoms with van der Waals surface area (Å²) in [7, 11) is 3.25. The number of amides is 1. The van der Waals surface area contributed by atoms with Gasteiger partial charge >= 0.3 is 0 Å². The van der Waals surface area contributed by atoms with Gasteiger partial charge in [0.2, 0.25) is 0 Å². The molecule has 0 fully saturated rings. The van der Waals surface area contributed by atoms with Crippen molar-refractivity contribution >= 4 is 5.91 Å². The molecule has 0 saturated heterocycles. The van der Waals surface area contributed by atoms with Crippen LogP contribution in [0.15, 0.2) is 53.1 Å². The van der Waals surface area contributed by atoms with Gasteiger partial charge in [0.25, 0.3) is 11.8 Å². The molecule has 0 aliphatic rings. The molecule has 0 radical (unpaired) electrons. The van der Waals surface area contributed by atoms with Crippen LogP contribution in [0.25, 0.3) is 0 Å². The highest BCUT2D eigenvalue weighted by molar-refractivity contribution is 5.77. The summed E-state index contributed by atoms with van der Waals surface area (Å²) in [6, 6.07) is 12.6. The van der Waals surface area contributed by atoms with Crippen LogP contribution in [0.5, 0.6) is 17.2 Å². The zero-order chi connectivity index (χ0) is 21.3. The Morgan fingerprint density at radius 2 is 1.67 bits per heavy atom. The fourth-order valence-electron chi connectivity index (χ4n) is 2.45. The van der Waals surface area contributed by atoms with Gasteiger partial charge in [-0.15, -0.1) is 0 Å². The smallest absolute Gasteiger partial charge is 0.264 e.